The van der Waals surface area contributed by atoms with E-state index in [1.165, 1.54) is 0 Å². The number of carbonyl (C=O) groups excluding carboxylic acids is 2. The number of para-hydroxylation sites is 1. The lowest BCUT2D eigenvalue weighted by Gasteiger charge is -2.30. The van der Waals surface area contributed by atoms with E-state index in [-0.39, 0.29) is 17.9 Å². The Labute approximate surface area is 124 Å². The Balaban J connectivity index is 1.86. The molecule has 0 bridgehead atoms. The highest BCUT2D eigenvalue weighted by atomic mass is 16.5. The molecule has 0 radical (unpaired) electrons. The van der Waals surface area contributed by atoms with Gasteiger partial charge >= 0.3 is 0 Å². The molecule has 1 unspecified atom stereocenters. The van der Waals surface area contributed by atoms with E-state index in [2.05, 4.69) is 16.0 Å². The summed E-state index contributed by atoms with van der Waals surface area (Å²) in [6.07, 6.45) is -0.205. The number of benzene rings is 1. The van der Waals surface area contributed by atoms with Gasteiger partial charge in [-0.3, -0.25) is 9.59 Å². The Hall–Kier alpha value is -1.92. The van der Waals surface area contributed by atoms with Crippen LogP contribution in [0.4, 0.5) is 5.69 Å². The van der Waals surface area contributed by atoms with Gasteiger partial charge in [0, 0.05) is 12.2 Å². The van der Waals surface area contributed by atoms with E-state index in [9.17, 15) is 9.59 Å². The van der Waals surface area contributed by atoms with Crippen LogP contribution in [0.1, 0.15) is 13.8 Å². The van der Waals surface area contributed by atoms with Gasteiger partial charge in [-0.1, -0.05) is 18.2 Å². The van der Waals surface area contributed by atoms with Crippen molar-refractivity contribution in [2.24, 2.45) is 0 Å². The Morgan fingerprint density at radius 1 is 1.33 bits per heavy atom. The molecule has 6 nitrogen and oxygen atoms in total. The summed E-state index contributed by atoms with van der Waals surface area (Å²) in [6.45, 7) is 4.72. The van der Waals surface area contributed by atoms with Gasteiger partial charge < -0.3 is 20.7 Å². The van der Waals surface area contributed by atoms with Crippen LogP contribution in [0.2, 0.25) is 0 Å². The average Bonchev–Trinajstić information content (AvgIpc) is 2.48. The monoisotopic (exact) mass is 291 g/mol. The molecule has 1 heterocycles. The molecule has 21 heavy (non-hydrogen) atoms. The van der Waals surface area contributed by atoms with Crippen molar-refractivity contribution in [2.45, 2.75) is 32.0 Å². The third kappa shape index (κ3) is 4.27. The third-order valence-electron chi connectivity index (χ3n) is 3.39. The molecule has 1 aromatic rings. The third-order valence-corrected chi connectivity index (χ3v) is 3.39. The molecule has 3 atom stereocenters. The minimum Gasteiger partial charge on any atom is -0.375 e. The van der Waals surface area contributed by atoms with Gasteiger partial charge in [-0.2, -0.15) is 0 Å². The second-order valence-electron chi connectivity index (χ2n) is 5.09. The number of hydrogen-bond acceptors (Lipinski definition) is 4. The number of carbonyl (C=O) groups is 2. The normalized spacial score (nSPS) is 23.1. The number of amides is 2. The van der Waals surface area contributed by atoms with Crippen molar-refractivity contribution >= 4 is 17.5 Å². The zero-order chi connectivity index (χ0) is 15.2. The van der Waals surface area contributed by atoms with Crippen LogP contribution in [0.15, 0.2) is 30.3 Å². The van der Waals surface area contributed by atoms with Crippen LogP contribution in [-0.2, 0) is 14.3 Å². The molecule has 0 spiro atoms. The Morgan fingerprint density at radius 2 is 2.05 bits per heavy atom. The predicted octanol–water partition coefficient (Wildman–Crippen LogP) is 0.507. The van der Waals surface area contributed by atoms with Crippen molar-refractivity contribution in [3.05, 3.63) is 30.3 Å². The Bertz CT molecular complexity index is 492. The summed E-state index contributed by atoms with van der Waals surface area (Å²) in [7, 11) is 0. The van der Waals surface area contributed by atoms with Crippen molar-refractivity contribution in [1.82, 2.24) is 10.6 Å². The first-order chi connectivity index (χ1) is 10.1. The summed E-state index contributed by atoms with van der Waals surface area (Å²) in [5.41, 5.74) is 0.705. The van der Waals surface area contributed by atoms with Gasteiger partial charge in [0.1, 0.15) is 12.1 Å². The molecule has 1 aliphatic rings. The van der Waals surface area contributed by atoms with Crippen LogP contribution >= 0.6 is 0 Å². The number of ether oxygens (including phenoxy) is 1. The first-order valence-corrected chi connectivity index (χ1v) is 7.09. The fraction of sp³-hybridized carbons (Fsp3) is 0.467. The molecule has 3 N–H and O–H groups in total. The minimum absolute atomic E-state index is 0.205. The molecule has 1 saturated heterocycles. The van der Waals surface area contributed by atoms with E-state index in [1.807, 2.05) is 25.1 Å². The smallest absolute Gasteiger partial charge is 0.246 e. The zero-order valence-electron chi connectivity index (χ0n) is 12.3. The molecule has 0 aliphatic carbocycles. The number of nitrogens with one attached hydrogen (secondary N) is 3. The second kappa shape index (κ2) is 7.19. The van der Waals surface area contributed by atoms with Crippen LogP contribution in [0.5, 0.6) is 0 Å². The maximum atomic E-state index is 12.1. The predicted molar refractivity (Wildman–Crippen MR) is 79.9 cm³/mol. The van der Waals surface area contributed by atoms with Crippen LogP contribution in [0.3, 0.4) is 0 Å². The minimum atomic E-state index is -0.617. The van der Waals surface area contributed by atoms with Gasteiger partial charge in [-0.15, -0.1) is 0 Å². The standard InChI is InChI=1S/C15H21N3O3/c1-10(14(19)18-12-6-4-3-5-7-12)17-15(20)13-11(2)21-9-8-16-13/h3-7,10-11,13,16H,8-9H2,1-2H3,(H,17,20)(H,18,19)/t10?,11-,13+/m1/s1. The molecule has 0 saturated carbocycles. The summed E-state index contributed by atoms with van der Waals surface area (Å²) < 4.78 is 5.43. The number of anilines is 1. The first-order valence-electron chi connectivity index (χ1n) is 7.09. The van der Waals surface area contributed by atoms with Gasteiger partial charge in [-0.05, 0) is 26.0 Å². The topological polar surface area (TPSA) is 79.5 Å². The molecule has 2 rings (SSSR count). The molecule has 1 fully saturated rings. The molecule has 0 aromatic heterocycles. The molecule has 1 aromatic carbocycles. The number of morpholine rings is 1. The van der Waals surface area contributed by atoms with Gasteiger partial charge in [0.05, 0.1) is 12.7 Å². The first kappa shape index (κ1) is 15.5. The lowest BCUT2D eigenvalue weighted by molar-refractivity contribution is -0.132. The maximum absolute atomic E-state index is 12.1. The van der Waals surface area contributed by atoms with Gasteiger partial charge in [0.2, 0.25) is 11.8 Å². The molecular weight excluding hydrogens is 270 g/mol. The van der Waals surface area contributed by atoms with E-state index < -0.39 is 12.1 Å². The Morgan fingerprint density at radius 3 is 2.71 bits per heavy atom. The largest absolute Gasteiger partial charge is 0.375 e. The van der Waals surface area contributed by atoms with Crippen molar-refractivity contribution < 1.29 is 14.3 Å². The summed E-state index contributed by atoms with van der Waals surface area (Å²) in [4.78, 5) is 24.2. The van der Waals surface area contributed by atoms with Gasteiger partial charge in [0.25, 0.3) is 0 Å². The summed E-state index contributed by atoms with van der Waals surface area (Å²) >= 11 is 0. The molecule has 1 aliphatic heterocycles. The van der Waals surface area contributed by atoms with Crippen molar-refractivity contribution in [3.8, 4) is 0 Å². The van der Waals surface area contributed by atoms with Crippen LogP contribution in [0.25, 0.3) is 0 Å². The quantitative estimate of drug-likeness (QED) is 0.755. The van der Waals surface area contributed by atoms with Gasteiger partial charge in [-0.25, -0.2) is 0 Å². The molecule has 2 amide bonds. The van der Waals surface area contributed by atoms with Crippen LogP contribution in [-0.4, -0.2) is 43.2 Å². The number of rotatable bonds is 4. The van der Waals surface area contributed by atoms with E-state index in [0.29, 0.717) is 18.8 Å². The summed E-state index contributed by atoms with van der Waals surface area (Å²) in [6, 6.07) is 8.10. The highest BCUT2D eigenvalue weighted by molar-refractivity contribution is 5.97. The summed E-state index contributed by atoms with van der Waals surface area (Å²) in [5.74, 6) is -0.475. The van der Waals surface area contributed by atoms with E-state index in [0.717, 1.165) is 0 Å². The molecule has 114 valence electrons. The van der Waals surface area contributed by atoms with Crippen LogP contribution < -0.4 is 16.0 Å². The molecule has 6 heteroatoms. The summed E-state index contributed by atoms with van der Waals surface area (Å²) in [5, 5.41) is 8.56. The van der Waals surface area contributed by atoms with Gasteiger partial charge in [0.15, 0.2) is 0 Å². The highest BCUT2D eigenvalue weighted by Crippen LogP contribution is 2.07. The zero-order valence-corrected chi connectivity index (χ0v) is 12.3. The fourth-order valence-corrected chi connectivity index (χ4v) is 2.17. The van der Waals surface area contributed by atoms with Crippen LogP contribution in [0, 0.1) is 0 Å². The van der Waals surface area contributed by atoms with Crippen molar-refractivity contribution in [3.63, 3.8) is 0 Å². The second-order valence-corrected chi connectivity index (χ2v) is 5.09. The number of hydrogen-bond donors (Lipinski definition) is 3. The van der Waals surface area contributed by atoms with Crippen molar-refractivity contribution in [1.29, 1.82) is 0 Å². The van der Waals surface area contributed by atoms with E-state index in [4.69, 9.17) is 4.74 Å². The maximum Gasteiger partial charge on any atom is 0.246 e. The van der Waals surface area contributed by atoms with E-state index >= 15 is 0 Å². The average molecular weight is 291 g/mol. The Kier molecular flexibility index (Phi) is 5.30. The van der Waals surface area contributed by atoms with Crippen molar-refractivity contribution in [2.75, 3.05) is 18.5 Å². The lowest BCUT2D eigenvalue weighted by atomic mass is 10.1. The highest BCUT2D eigenvalue weighted by Gasteiger charge is 2.30. The van der Waals surface area contributed by atoms with E-state index in [1.54, 1.807) is 19.1 Å². The molecular formula is C15H21N3O3. The lowest BCUT2D eigenvalue weighted by Crippen LogP contribution is -2.57. The fourth-order valence-electron chi connectivity index (χ4n) is 2.17. The SMILES string of the molecule is CC(NC(=O)[C@H]1NCCO[C@@H]1C)C(=O)Nc1ccccc1.